The first-order chi connectivity index (χ1) is 13.1. The predicted molar refractivity (Wildman–Crippen MR) is 101 cm³/mol. The van der Waals surface area contributed by atoms with E-state index in [0.717, 1.165) is 33.6 Å². The number of amides is 1. The van der Waals surface area contributed by atoms with Crippen LogP contribution in [0.1, 0.15) is 21.5 Å². The third-order valence-corrected chi connectivity index (χ3v) is 5.82. The number of benzene rings is 2. The summed E-state index contributed by atoms with van der Waals surface area (Å²) in [5.74, 6) is -2.63. The molecule has 1 amide bonds. The van der Waals surface area contributed by atoms with Crippen LogP contribution in [0.5, 0.6) is 0 Å². The Morgan fingerprint density at radius 1 is 1.14 bits per heavy atom. The lowest BCUT2D eigenvalue weighted by Crippen LogP contribution is -2.29. The molecule has 0 heterocycles. The molecule has 0 bridgehead atoms. The number of halogens is 1. The van der Waals surface area contributed by atoms with E-state index in [9.17, 15) is 22.4 Å². The van der Waals surface area contributed by atoms with E-state index < -0.39 is 39.9 Å². The molecule has 0 spiro atoms. The number of sulfonamides is 1. The van der Waals surface area contributed by atoms with Gasteiger partial charge in [0.15, 0.2) is 6.61 Å². The van der Waals surface area contributed by atoms with Gasteiger partial charge in [-0.25, -0.2) is 21.9 Å². The second-order valence-corrected chi connectivity index (χ2v) is 8.36. The van der Waals surface area contributed by atoms with Gasteiger partial charge >= 0.3 is 5.97 Å². The number of hydrogen-bond donors (Lipinski definition) is 1. The number of rotatable bonds is 7. The molecule has 2 rings (SSSR count). The van der Waals surface area contributed by atoms with Crippen LogP contribution in [0.3, 0.4) is 0 Å². The minimum Gasteiger partial charge on any atom is -0.452 e. The molecule has 0 unspecified atom stereocenters. The van der Waals surface area contributed by atoms with Crippen LogP contribution >= 0.6 is 0 Å². The van der Waals surface area contributed by atoms with Gasteiger partial charge in [0, 0.05) is 20.6 Å². The van der Waals surface area contributed by atoms with Gasteiger partial charge in [-0.1, -0.05) is 24.3 Å². The molecule has 0 aliphatic rings. The maximum atomic E-state index is 13.9. The normalized spacial score (nSPS) is 11.3. The first kappa shape index (κ1) is 21.5. The van der Waals surface area contributed by atoms with Gasteiger partial charge in [0.2, 0.25) is 10.0 Å². The van der Waals surface area contributed by atoms with Gasteiger partial charge in [0.1, 0.15) is 5.82 Å². The summed E-state index contributed by atoms with van der Waals surface area (Å²) >= 11 is 0. The van der Waals surface area contributed by atoms with Crippen molar-refractivity contribution in [1.82, 2.24) is 9.62 Å². The Hall–Kier alpha value is -2.78. The highest BCUT2D eigenvalue weighted by Gasteiger charge is 2.22. The largest absolute Gasteiger partial charge is 0.452 e. The summed E-state index contributed by atoms with van der Waals surface area (Å²) in [6.07, 6.45) is 0. The zero-order valence-corrected chi connectivity index (χ0v) is 16.5. The van der Waals surface area contributed by atoms with Crippen molar-refractivity contribution in [1.29, 1.82) is 0 Å². The topological polar surface area (TPSA) is 92.8 Å². The van der Waals surface area contributed by atoms with Gasteiger partial charge in [-0.3, -0.25) is 4.79 Å². The van der Waals surface area contributed by atoms with Gasteiger partial charge in [-0.2, -0.15) is 0 Å². The van der Waals surface area contributed by atoms with Crippen molar-refractivity contribution in [3.8, 4) is 0 Å². The monoisotopic (exact) mass is 408 g/mol. The zero-order chi connectivity index (χ0) is 20.9. The SMILES string of the molecule is Cc1ccccc1CNC(=O)COC(=O)c1cc(S(=O)(=O)N(C)C)ccc1F. The van der Waals surface area contributed by atoms with Crippen molar-refractivity contribution in [2.75, 3.05) is 20.7 Å². The van der Waals surface area contributed by atoms with Gasteiger partial charge < -0.3 is 10.1 Å². The maximum absolute atomic E-state index is 13.9. The lowest BCUT2D eigenvalue weighted by molar-refractivity contribution is -0.124. The standard InChI is InChI=1S/C19H21FN2O5S/c1-13-6-4-5-7-14(13)11-21-18(23)12-27-19(24)16-10-15(8-9-17(16)20)28(25,26)22(2)3/h4-10H,11-12H2,1-3H3,(H,21,23). The van der Waals surface area contributed by atoms with Crippen LogP contribution in [0.4, 0.5) is 4.39 Å². The number of aryl methyl sites for hydroxylation is 1. The molecule has 1 N–H and O–H groups in total. The summed E-state index contributed by atoms with van der Waals surface area (Å²) in [5, 5.41) is 2.60. The van der Waals surface area contributed by atoms with Crippen LogP contribution in [0.2, 0.25) is 0 Å². The molecule has 0 fully saturated rings. The van der Waals surface area contributed by atoms with Gasteiger partial charge in [-0.15, -0.1) is 0 Å². The third-order valence-electron chi connectivity index (χ3n) is 4.01. The minimum absolute atomic E-state index is 0.255. The molecule has 2 aromatic carbocycles. The lowest BCUT2D eigenvalue weighted by Gasteiger charge is -2.13. The molecule has 0 aliphatic heterocycles. The number of carbonyl (C=O) groups excluding carboxylic acids is 2. The summed E-state index contributed by atoms with van der Waals surface area (Å²) < 4.78 is 43.9. The molecule has 0 aromatic heterocycles. The Kier molecular flexibility index (Phi) is 6.87. The molecule has 2 aromatic rings. The molecule has 150 valence electrons. The van der Waals surface area contributed by atoms with E-state index in [0.29, 0.717) is 0 Å². The van der Waals surface area contributed by atoms with E-state index in [-0.39, 0.29) is 11.4 Å². The Morgan fingerprint density at radius 3 is 2.46 bits per heavy atom. The second kappa shape index (κ2) is 8.94. The van der Waals surface area contributed by atoms with E-state index in [2.05, 4.69) is 5.32 Å². The van der Waals surface area contributed by atoms with Gasteiger partial charge in [0.05, 0.1) is 10.5 Å². The number of nitrogens with one attached hydrogen (secondary N) is 1. The van der Waals surface area contributed by atoms with E-state index in [1.165, 1.54) is 14.1 Å². The van der Waals surface area contributed by atoms with Crippen molar-refractivity contribution < 1.29 is 27.1 Å². The van der Waals surface area contributed by atoms with Crippen molar-refractivity contribution in [3.05, 3.63) is 65.0 Å². The highest BCUT2D eigenvalue weighted by atomic mass is 32.2. The van der Waals surface area contributed by atoms with Crippen LogP contribution in [0.15, 0.2) is 47.4 Å². The summed E-state index contributed by atoms with van der Waals surface area (Å²) in [5.41, 5.74) is 1.35. The number of esters is 1. The zero-order valence-electron chi connectivity index (χ0n) is 15.7. The highest BCUT2D eigenvalue weighted by molar-refractivity contribution is 7.89. The quantitative estimate of drug-likeness (QED) is 0.706. The second-order valence-electron chi connectivity index (χ2n) is 6.21. The Labute approximate surface area is 163 Å². The van der Waals surface area contributed by atoms with E-state index in [4.69, 9.17) is 4.74 Å². The summed E-state index contributed by atoms with van der Waals surface area (Å²) in [7, 11) is -1.21. The molecule has 0 saturated heterocycles. The maximum Gasteiger partial charge on any atom is 0.341 e. The van der Waals surface area contributed by atoms with Crippen LogP contribution < -0.4 is 5.32 Å². The van der Waals surface area contributed by atoms with Crippen molar-refractivity contribution in [2.24, 2.45) is 0 Å². The average molecular weight is 408 g/mol. The lowest BCUT2D eigenvalue weighted by atomic mass is 10.1. The summed E-state index contributed by atoms with van der Waals surface area (Å²) in [4.78, 5) is 23.7. The van der Waals surface area contributed by atoms with Crippen LogP contribution in [-0.2, 0) is 26.1 Å². The molecule has 9 heteroatoms. The Bertz CT molecular complexity index is 990. The number of ether oxygens (including phenoxy) is 1. The van der Waals surface area contributed by atoms with E-state index in [1.54, 1.807) is 0 Å². The van der Waals surface area contributed by atoms with Crippen molar-refractivity contribution >= 4 is 21.9 Å². The highest BCUT2D eigenvalue weighted by Crippen LogP contribution is 2.18. The molecule has 0 aliphatic carbocycles. The minimum atomic E-state index is -3.84. The fourth-order valence-electron chi connectivity index (χ4n) is 2.29. The third kappa shape index (κ3) is 5.14. The molecule has 0 saturated carbocycles. The van der Waals surface area contributed by atoms with E-state index >= 15 is 0 Å². The average Bonchev–Trinajstić information content (AvgIpc) is 2.65. The number of hydrogen-bond acceptors (Lipinski definition) is 5. The summed E-state index contributed by atoms with van der Waals surface area (Å²) in [6, 6.07) is 10.3. The molecule has 0 radical (unpaired) electrons. The molecule has 0 atom stereocenters. The van der Waals surface area contributed by atoms with Crippen molar-refractivity contribution in [3.63, 3.8) is 0 Å². The fourth-order valence-corrected chi connectivity index (χ4v) is 3.22. The first-order valence-corrected chi connectivity index (χ1v) is 9.77. The fraction of sp³-hybridized carbons (Fsp3) is 0.263. The molecular weight excluding hydrogens is 387 g/mol. The van der Waals surface area contributed by atoms with Gasteiger partial charge in [-0.05, 0) is 36.2 Å². The van der Waals surface area contributed by atoms with Crippen LogP contribution in [0.25, 0.3) is 0 Å². The van der Waals surface area contributed by atoms with Crippen LogP contribution in [0, 0.1) is 12.7 Å². The van der Waals surface area contributed by atoms with Crippen molar-refractivity contribution in [2.45, 2.75) is 18.4 Å². The molecule has 28 heavy (non-hydrogen) atoms. The smallest absolute Gasteiger partial charge is 0.341 e. The summed E-state index contributed by atoms with van der Waals surface area (Å²) in [6.45, 7) is 1.54. The number of nitrogens with zero attached hydrogens (tertiary/aromatic N) is 1. The molecule has 7 nitrogen and oxygen atoms in total. The first-order valence-electron chi connectivity index (χ1n) is 8.33. The van der Waals surface area contributed by atoms with Crippen LogP contribution in [-0.4, -0.2) is 45.3 Å². The number of carbonyl (C=O) groups is 2. The van der Waals surface area contributed by atoms with E-state index in [1.807, 2.05) is 31.2 Å². The Balaban J connectivity index is 2.01. The molecular formula is C19H21FN2O5S. The Morgan fingerprint density at radius 2 is 1.82 bits per heavy atom. The predicted octanol–water partition coefficient (Wildman–Crippen LogP) is 1.86. The van der Waals surface area contributed by atoms with Gasteiger partial charge in [0.25, 0.3) is 5.91 Å².